The number of ether oxygens (including phenoxy) is 1. The molecule has 0 radical (unpaired) electrons. The van der Waals surface area contributed by atoms with Gasteiger partial charge in [-0.1, -0.05) is 18.2 Å². The van der Waals surface area contributed by atoms with E-state index in [1.54, 1.807) is 25.3 Å². The van der Waals surface area contributed by atoms with Gasteiger partial charge in [-0.15, -0.1) is 0 Å². The van der Waals surface area contributed by atoms with E-state index in [4.69, 9.17) is 16.2 Å². The lowest BCUT2D eigenvalue weighted by Gasteiger charge is -2.15. The van der Waals surface area contributed by atoms with Crippen LogP contribution in [0.25, 0.3) is 0 Å². The summed E-state index contributed by atoms with van der Waals surface area (Å²) in [5, 5.41) is 3.09. The fourth-order valence-corrected chi connectivity index (χ4v) is 1.80. The third kappa shape index (κ3) is 2.60. The van der Waals surface area contributed by atoms with Crippen molar-refractivity contribution in [1.29, 1.82) is 0 Å². The predicted molar refractivity (Wildman–Crippen MR) is 75.6 cm³/mol. The molecular formula is C14H15N3O2. The van der Waals surface area contributed by atoms with Gasteiger partial charge in [-0.05, 0) is 24.3 Å². The average molecular weight is 257 g/mol. The van der Waals surface area contributed by atoms with E-state index >= 15 is 0 Å². The van der Waals surface area contributed by atoms with Gasteiger partial charge in [0.05, 0.1) is 29.7 Å². The Hall–Kier alpha value is -2.69. The third-order valence-electron chi connectivity index (χ3n) is 2.73. The summed E-state index contributed by atoms with van der Waals surface area (Å²) in [7, 11) is 1.57. The van der Waals surface area contributed by atoms with Crippen molar-refractivity contribution in [2.24, 2.45) is 5.73 Å². The van der Waals surface area contributed by atoms with E-state index in [2.05, 4.69) is 5.32 Å². The molecule has 2 aromatic carbocycles. The molecule has 0 aliphatic heterocycles. The Bertz CT molecular complexity index is 611. The molecule has 98 valence electrons. The first-order valence-corrected chi connectivity index (χ1v) is 5.72. The van der Waals surface area contributed by atoms with Gasteiger partial charge in [0.1, 0.15) is 5.75 Å². The molecule has 0 bridgehead atoms. The Morgan fingerprint density at radius 2 is 1.89 bits per heavy atom. The second-order valence-electron chi connectivity index (χ2n) is 3.96. The highest BCUT2D eigenvalue weighted by Crippen LogP contribution is 2.31. The van der Waals surface area contributed by atoms with E-state index in [0.717, 1.165) is 0 Å². The van der Waals surface area contributed by atoms with E-state index in [-0.39, 0.29) is 0 Å². The topological polar surface area (TPSA) is 90.4 Å². The zero-order valence-electron chi connectivity index (χ0n) is 10.5. The summed E-state index contributed by atoms with van der Waals surface area (Å²) in [5.41, 5.74) is 13.2. The van der Waals surface area contributed by atoms with Crippen molar-refractivity contribution < 1.29 is 9.53 Å². The summed E-state index contributed by atoms with van der Waals surface area (Å²) in [6, 6.07) is 12.4. The van der Waals surface area contributed by atoms with Crippen molar-refractivity contribution in [2.45, 2.75) is 0 Å². The molecule has 0 fully saturated rings. The van der Waals surface area contributed by atoms with Crippen LogP contribution in [-0.2, 0) is 0 Å². The monoisotopic (exact) mass is 257 g/mol. The molecule has 0 saturated heterocycles. The highest BCUT2D eigenvalue weighted by molar-refractivity contribution is 6.02. The number of hydrogen-bond acceptors (Lipinski definition) is 4. The summed E-state index contributed by atoms with van der Waals surface area (Å²) in [6.07, 6.45) is 0. The minimum atomic E-state index is -0.537. The Balaban J connectivity index is 2.46. The molecule has 19 heavy (non-hydrogen) atoms. The lowest BCUT2D eigenvalue weighted by Crippen LogP contribution is -2.14. The number of hydrogen-bond donors (Lipinski definition) is 3. The Labute approximate surface area is 111 Å². The number of primary amides is 1. The molecule has 0 unspecified atom stereocenters. The van der Waals surface area contributed by atoms with E-state index < -0.39 is 5.91 Å². The lowest BCUT2D eigenvalue weighted by molar-refractivity contribution is 0.100. The maximum atomic E-state index is 11.4. The molecule has 0 heterocycles. The number of benzene rings is 2. The Morgan fingerprint density at radius 1 is 1.16 bits per heavy atom. The fourth-order valence-electron chi connectivity index (χ4n) is 1.80. The van der Waals surface area contributed by atoms with E-state index in [9.17, 15) is 4.79 Å². The number of nitrogens with one attached hydrogen (secondary N) is 1. The van der Waals surface area contributed by atoms with Crippen molar-refractivity contribution in [2.75, 3.05) is 18.2 Å². The maximum Gasteiger partial charge on any atom is 0.250 e. The zero-order chi connectivity index (χ0) is 13.8. The van der Waals surface area contributed by atoms with Crippen molar-refractivity contribution in [3.63, 3.8) is 0 Å². The number of methoxy groups -OCH3 is 1. The summed E-state index contributed by atoms with van der Waals surface area (Å²) in [6.45, 7) is 0. The summed E-state index contributed by atoms with van der Waals surface area (Å²) in [4.78, 5) is 11.4. The number of carbonyl (C=O) groups excluding carboxylic acids is 1. The quantitative estimate of drug-likeness (QED) is 0.732. The molecule has 0 aliphatic rings. The third-order valence-corrected chi connectivity index (χ3v) is 2.73. The molecule has 2 rings (SSSR count). The van der Waals surface area contributed by atoms with Gasteiger partial charge < -0.3 is 21.5 Å². The molecule has 1 amide bonds. The first-order valence-electron chi connectivity index (χ1n) is 5.72. The number of para-hydroxylation sites is 3. The molecule has 2 aromatic rings. The predicted octanol–water partition coefficient (Wildman–Crippen LogP) is 2.12. The molecule has 0 atom stereocenters. The molecule has 5 heteroatoms. The standard InChI is InChI=1S/C14H15N3O2/c1-19-12-8-3-2-7-11(12)17-13-9(14(16)18)5-4-6-10(13)15/h2-8,17H,15H2,1H3,(H2,16,18). The highest BCUT2D eigenvalue weighted by atomic mass is 16.5. The molecule has 5 nitrogen and oxygen atoms in total. The second-order valence-corrected chi connectivity index (χ2v) is 3.96. The van der Waals surface area contributed by atoms with E-state index in [1.807, 2.05) is 24.3 Å². The first-order chi connectivity index (χ1) is 9.13. The van der Waals surface area contributed by atoms with Gasteiger partial charge in [0.2, 0.25) is 0 Å². The minimum absolute atomic E-state index is 0.339. The van der Waals surface area contributed by atoms with Crippen LogP contribution in [-0.4, -0.2) is 13.0 Å². The number of nitrogen functional groups attached to an aromatic ring is 1. The van der Waals surface area contributed by atoms with E-state index in [1.165, 1.54) is 0 Å². The number of nitrogens with two attached hydrogens (primary N) is 2. The van der Waals surface area contributed by atoms with Crippen LogP contribution >= 0.6 is 0 Å². The van der Waals surface area contributed by atoms with Crippen molar-refractivity contribution in [3.05, 3.63) is 48.0 Å². The molecule has 0 spiro atoms. The second kappa shape index (κ2) is 5.30. The smallest absolute Gasteiger partial charge is 0.250 e. The Kier molecular flexibility index (Phi) is 3.56. The van der Waals surface area contributed by atoms with Crippen LogP contribution in [0.5, 0.6) is 5.75 Å². The van der Waals surface area contributed by atoms with Gasteiger partial charge in [-0.2, -0.15) is 0 Å². The Morgan fingerprint density at radius 3 is 2.58 bits per heavy atom. The van der Waals surface area contributed by atoms with E-state index in [0.29, 0.717) is 28.4 Å². The van der Waals surface area contributed by atoms with Crippen LogP contribution in [0, 0.1) is 0 Å². The van der Waals surface area contributed by atoms with Crippen LogP contribution < -0.4 is 21.5 Å². The van der Waals surface area contributed by atoms with Crippen molar-refractivity contribution >= 4 is 23.0 Å². The molecular weight excluding hydrogens is 242 g/mol. The molecule has 5 N–H and O–H groups in total. The lowest BCUT2D eigenvalue weighted by atomic mass is 10.1. The van der Waals surface area contributed by atoms with Gasteiger partial charge in [-0.3, -0.25) is 4.79 Å². The number of rotatable bonds is 4. The van der Waals surface area contributed by atoms with Crippen molar-refractivity contribution in [3.8, 4) is 5.75 Å². The normalized spacial score (nSPS) is 9.95. The first kappa shape index (κ1) is 12.8. The summed E-state index contributed by atoms with van der Waals surface area (Å²) >= 11 is 0. The van der Waals surface area contributed by atoms with Crippen LogP contribution in [0.4, 0.5) is 17.1 Å². The molecule has 0 aromatic heterocycles. The minimum Gasteiger partial charge on any atom is -0.495 e. The van der Waals surface area contributed by atoms with Gasteiger partial charge in [-0.25, -0.2) is 0 Å². The van der Waals surface area contributed by atoms with Crippen LogP contribution in [0.1, 0.15) is 10.4 Å². The van der Waals surface area contributed by atoms with Gasteiger partial charge in [0, 0.05) is 0 Å². The number of carbonyl (C=O) groups is 1. The van der Waals surface area contributed by atoms with Gasteiger partial charge in [0.25, 0.3) is 5.91 Å². The number of anilines is 3. The highest BCUT2D eigenvalue weighted by Gasteiger charge is 2.12. The van der Waals surface area contributed by atoms with Gasteiger partial charge in [0.15, 0.2) is 0 Å². The van der Waals surface area contributed by atoms with Crippen LogP contribution in [0.3, 0.4) is 0 Å². The summed E-state index contributed by atoms with van der Waals surface area (Å²) < 4.78 is 5.24. The SMILES string of the molecule is COc1ccccc1Nc1c(N)cccc1C(N)=O. The maximum absolute atomic E-state index is 11.4. The van der Waals surface area contributed by atoms with Gasteiger partial charge >= 0.3 is 0 Å². The molecule has 0 saturated carbocycles. The van der Waals surface area contributed by atoms with Crippen molar-refractivity contribution in [1.82, 2.24) is 0 Å². The van der Waals surface area contributed by atoms with Crippen LogP contribution in [0.15, 0.2) is 42.5 Å². The molecule has 0 aliphatic carbocycles. The summed E-state index contributed by atoms with van der Waals surface area (Å²) in [5.74, 6) is 0.117. The average Bonchev–Trinajstić information content (AvgIpc) is 2.41. The number of amides is 1. The fraction of sp³-hybridized carbons (Fsp3) is 0.0714. The largest absolute Gasteiger partial charge is 0.495 e. The van der Waals surface area contributed by atoms with Crippen LogP contribution in [0.2, 0.25) is 0 Å². The zero-order valence-corrected chi connectivity index (χ0v) is 10.5.